The molecule has 1 aromatic carbocycles. The van der Waals surface area contributed by atoms with Crippen molar-refractivity contribution in [3.05, 3.63) is 47.0 Å². The van der Waals surface area contributed by atoms with E-state index in [4.69, 9.17) is 9.26 Å². The molecule has 138 valence electrons. The van der Waals surface area contributed by atoms with E-state index in [0.717, 1.165) is 5.56 Å². The van der Waals surface area contributed by atoms with Gasteiger partial charge in [0, 0.05) is 17.9 Å². The average Bonchev–Trinajstić information content (AvgIpc) is 3.16. The number of aromatic nitrogens is 3. The Morgan fingerprint density at radius 3 is 2.42 bits per heavy atom. The van der Waals surface area contributed by atoms with E-state index < -0.39 is 10.0 Å². The van der Waals surface area contributed by atoms with E-state index in [1.807, 2.05) is 0 Å². The second-order valence-electron chi connectivity index (χ2n) is 5.90. The van der Waals surface area contributed by atoms with Gasteiger partial charge in [0.2, 0.25) is 10.0 Å². The molecule has 0 aliphatic carbocycles. The van der Waals surface area contributed by atoms with E-state index >= 15 is 0 Å². The van der Waals surface area contributed by atoms with Crippen molar-refractivity contribution < 1.29 is 17.7 Å². The minimum atomic E-state index is -3.79. The summed E-state index contributed by atoms with van der Waals surface area (Å²) in [5, 5.41) is 3.75. The molecule has 0 unspecified atom stereocenters. The molecule has 0 saturated heterocycles. The average molecular weight is 376 g/mol. The highest BCUT2D eigenvalue weighted by Crippen LogP contribution is 2.32. The van der Waals surface area contributed by atoms with Crippen LogP contribution in [-0.4, -0.2) is 30.7 Å². The van der Waals surface area contributed by atoms with E-state index in [-0.39, 0.29) is 17.3 Å². The van der Waals surface area contributed by atoms with Gasteiger partial charge in [-0.05, 0) is 38.5 Å². The van der Waals surface area contributed by atoms with E-state index in [1.165, 1.54) is 0 Å². The highest BCUT2D eigenvalue weighted by molar-refractivity contribution is 7.89. The SMILES string of the molecule is COc1ccc(CNS(=O)(=O)c2c(C)[nH]c(C)c2-c2nc(C)no2)cc1. The quantitative estimate of drug-likeness (QED) is 0.684. The lowest BCUT2D eigenvalue weighted by molar-refractivity contribution is 0.414. The summed E-state index contributed by atoms with van der Waals surface area (Å²) < 4.78 is 38.7. The highest BCUT2D eigenvalue weighted by atomic mass is 32.2. The fraction of sp³-hybridized carbons (Fsp3) is 0.294. The zero-order valence-electron chi connectivity index (χ0n) is 15.0. The summed E-state index contributed by atoms with van der Waals surface area (Å²) in [6.45, 7) is 5.29. The summed E-state index contributed by atoms with van der Waals surface area (Å²) in [4.78, 5) is 7.32. The van der Waals surface area contributed by atoms with Gasteiger partial charge in [0.05, 0.1) is 12.7 Å². The number of sulfonamides is 1. The molecule has 0 aliphatic rings. The van der Waals surface area contributed by atoms with E-state index in [2.05, 4.69) is 19.8 Å². The Labute approximate surface area is 151 Å². The molecular weight excluding hydrogens is 356 g/mol. The molecule has 0 amide bonds. The summed E-state index contributed by atoms with van der Waals surface area (Å²) in [5.74, 6) is 1.32. The second kappa shape index (κ2) is 6.93. The first kappa shape index (κ1) is 18.2. The monoisotopic (exact) mass is 376 g/mol. The highest BCUT2D eigenvalue weighted by Gasteiger charge is 2.28. The number of nitrogens with zero attached hydrogens (tertiary/aromatic N) is 2. The molecule has 26 heavy (non-hydrogen) atoms. The van der Waals surface area contributed by atoms with Crippen LogP contribution in [0.25, 0.3) is 11.5 Å². The van der Waals surface area contributed by atoms with Crippen LogP contribution in [0.5, 0.6) is 5.75 Å². The van der Waals surface area contributed by atoms with Gasteiger partial charge in [0.1, 0.15) is 10.6 Å². The van der Waals surface area contributed by atoms with Crippen molar-refractivity contribution in [3.63, 3.8) is 0 Å². The van der Waals surface area contributed by atoms with Crippen LogP contribution >= 0.6 is 0 Å². The lowest BCUT2D eigenvalue weighted by Crippen LogP contribution is -2.24. The number of aryl methyl sites for hydroxylation is 3. The Bertz CT molecular complexity index is 1020. The van der Waals surface area contributed by atoms with Crippen LogP contribution in [0.3, 0.4) is 0 Å². The maximum absolute atomic E-state index is 12.9. The van der Waals surface area contributed by atoms with Crippen molar-refractivity contribution in [1.29, 1.82) is 0 Å². The standard InChI is InChI=1S/C17H20N4O4S/c1-10-15(17-20-12(3)21-25-17)16(11(2)19-10)26(22,23)18-9-13-5-7-14(24-4)8-6-13/h5-8,18-19H,9H2,1-4H3. The first-order chi connectivity index (χ1) is 12.3. The van der Waals surface area contributed by atoms with Crippen LogP contribution in [-0.2, 0) is 16.6 Å². The summed E-state index contributed by atoms with van der Waals surface area (Å²) in [6, 6.07) is 7.17. The van der Waals surface area contributed by atoms with Gasteiger partial charge in [-0.2, -0.15) is 4.98 Å². The van der Waals surface area contributed by atoms with Gasteiger partial charge in [-0.3, -0.25) is 0 Å². The molecule has 0 spiro atoms. The number of H-pyrrole nitrogens is 1. The molecule has 0 fully saturated rings. The third kappa shape index (κ3) is 3.49. The molecular formula is C17H20N4O4S. The molecule has 2 N–H and O–H groups in total. The number of aromatic amines is 1. The minimum absolute atomic E-state index is 0.118. The third-order valence-electron chi connectivity index (χ3n) is 3.95. The lowest BCUT2D eigenvalue weighted by Gasteiger charge is -2.09. The number of nitrogens with one attached hydrogen (secondary N) is 2. The van der Waals surface area contributed by atoms with Crippen molar-refractivity contribution in [2.24, 2.45) is 0 Å². The van der Waals surface area contributed by atoms with Crippen molar-refractivity contribution in [2.45, 2.75) is 32.2 Å². The number of hydrogen-bond donors (Lipinski definition) is 2. The second-order valence-corrected chi connectivity index (χ2v) is 7.60. The van der Waals surface area contributed by atoms with Gasteiger partial charge < -0.3 is 14.2 Å². The Hall–Kier alpha value is -2.65. The van der Waals surface area contributed by atoms with Crippen LogP contribution in [0, 0.1) is 20.8 Å². The largest absolute Gasteiger partial charge is 0.497 e. The summed E-state index contributed by atoms with van der Waals surface area (Å²) in [6.07, 6.45) is 0. The van der Waals surface area contributed by atoms with Crippen molar-refractivity contribution >= 4 is 10.0 Å². The first-order valence-electron chi connectivity index (χ1n) is 7.94. The predicted molar refractivity (Wildman–Crippen MR) is 95.3 cm³/mol. The van der Waals surface area contributed by atoms with Gasteiger partial charge in [-0.1, -0.05) is 17.3 Å². The van der Waals surface area contributed by atoms with Gasteiger partial charge in [-0.15, -0.1) is 0 Å². The molecule has 0 atom stereocenters. The fourth-order valence-corrected chi connectivity index (χ4v) is 4.21. The summed E-state index contributed by atoms with van der Waals surface area (Å²) >= 11 is 0. The number of rotatable bonds is 6. The van der Waals surface area contributed by atoms with Crippen LogP contribution in [0.15, 0.2) is 33.7 Å². The number of ether oxygens (including phenoxy) is 1. The molecule has 3 rings (SSSR count). The molecule has 2 aromatic heterocycles. The maximum Gasteiger partial charge on any atom is 0.261 e. The molecule has 9 heteroatoms. The molecule has 0 bridgehead atoms. The zero-order chi connectivity index (χ0) is 18.9. The summed E-state index contributed by atoms with van der Waals surface area (Å²) in [7, 11) is -2.21. The molecule has 8 nitrogen and oxygen atoms in total. The van der Waals surface area contributed by atoms with Crippen LogP contribution in [0.2, 0.25) is 0 Å². The molecule has 0 aliphatic heterocycles. The van der Waals surface area contributed by atoms with E-state index in [0.29, 0.717) is 28.5 Å². The van der Waals surface area contributed by atoms with E-state index in [1.54, 1.807) is 52.1 Å². The molecule has 3 aromatic rings. The normalized spacial score (nSPS) is 11.7. The van der Waals surface area contributed by atoms with Gasteiger partial charge in [0.15, 0.2) is 5.82 Å². The van der Waals surface area contributed by atoms with Crippen molar-refractivity contribution in [1.82, 2.24) is 19.8 Å². The van der Waals surface area contributed by atoms with Crippen molar-refractivity contribution in [2.75, 3.05) is 7.11 Å². The predicted octanol–water partition coefficient (Wildman–Crippen LogP) is 2.48. The smallest absolute Gasteiger partial charge is 0.261 e. The Morgan fingerprint density at radius 2 is 1.85 bits per heavy atom. The minimum Gasteiger partial charge on any atom is -0.497 e. The Morgan fingerprint density at radius 1 is 1.15 bits per heavy atom. The van der Waals surface area contributed by atoms with E-state index in [9.17, 15) is 8.42 Å². The topological polar surface area (TPSA) is 110 Å². The van der Waals surface area contributed by atoms with Crippen molar-refractivity contribution in [3.8, 4) is 17.2 Å². The molecule has 0 radical (unpaired) electrons. The number of methoxy groups -OCH3 is 1. The number of benzene rings is 1. The maximum atomic E-state index is 12.9. The Balaban J connectivity index is 1.91. The van der Waals surface area contributed by atoms with Gasteiger partial charge in [-0.25, -0.2) is 13.1 Å². The summed E-state index contributed by atoms with van der Waals surface area (Å²) in [5.41, 5.74) is 2.37. The van der Waals surface area contributed by atoms with Crippen LogP contribution in [0.1, 0.15) is 22.8 Å². The fourth-order valence-electron chi connectivity index (χ4n) is 2.74. The Kier molecular flexibility index (Phi) is 4.84. The molecule has 0 saturated carbocycles. The van der Waals surface area contributed by atoms with Crippen LogP contribution < -0.4 is 9.46 Å². The lowest BCUT2D eigenvalue weighted by atomic mass is 10.2. The van der Waals surface area contributed by atoms with Crippen LogP contribution in [0.4, 0.5) is 0 Å². The number of hydrogen-bond acceptors (Lipinski definition) is 6. The van der Waals surface area contributed by atoms with Gasteiger partial charge >= 0.3 is 0 Å². The molecule has 2 heterocycles. The zero-order valence-corrected chi connectivity index (χ0v) is 15.8. The first-order valence-corrected chi connectivity index (χ1v) is 9.42. The van der Waals surface area contributed by atoms with Gasteiger partial charge in [0.25, 0.3) is 5.89 Å². The third-order valence-corrected chi connectivity index (χ3v) is 5.53.